The third-order valence-electron chi connectivity index (χ3n) is 6.51. The molecule has 0 saturated carbocycles. The molecule has 0 spiro atoms. The Kier molecular flexibility index (Phi) is 5.36. The number of hydrogen-bond acceptors (Lipinski definition) is 5. The number of rotatable bonds is 4. The molecule has 0 saturated heterocycles. The smallest absolute Gasteiger partial charge is 0.331 e. The van der Waals surface area contributed by atoms with Crippen molar-refractivity contribution in [3.63, 3.8) is 0 Å². The predicted octanol–water partition coefficient (Wildman–Crippen LogP) is 5.40. The number of carbonyl (C=O) groups excluding carboxylic acids is 3. The molecule has 34 heavy (non-hydrogen) atoms. The molecule has 1 aromatic heterocycles. The Morgan fingerprint density at radius 2 is 1.79 bits per heavy atom. The van der Waals surface area contributed by atoms with Crippen LogP contribution in [-0.2, 0) is 22.6 Å². The van der Waals surface area contributed by atoms with Crippen LogP contribution in [0.25, 0.3) is 21.8 Å². The maximum Gasteiger partial charge on any atom is 0.331 e. The van der Waals surface area contributed by atoms with Crippen LogP contribution in [0.4, 0.5) is 0 Å². The highest BCUT2D eigenvalue weighted by Crippen LogP contribution is 2.37. The molecular weight excluding hydrogens is 428 g/mol. The van der Waals surface area contributed by atoms with E-state index in [1.165, 1.54) is 6.92 Å². The zero-order valence-electron chi connectivity index (χ0n) is 19.3. The van der Waals surface area contributed by atoms with Crippen LogP contribution in [0.1, 0.15) is 57.7 Å². The van der Waals surface area contributed by atoms with Gasteiger partial charge in [-0.1, -0.05) is 29.4 Å². The Morgan fingerprint density at radius 1 is 1.03 bits per heavy atom. The Morgan fingerprint density at radius 3 is 2.53 bits per heavy atom. The lowest BCUT2D eigenvalue weighted by Gasteiger charge is -2.17. The first-order chi connectivity index (χ1) is 16.4. The summed E-state index contributed by atoms with van der Waals surface area (Å²) in [7, 11) is 0. The second kappa shape index (κ2) is 8.37. The number of ketones is 2. The molecule has 0 fully saturated rings. The summed E-state index contributed by atoms with van der Waals surface area (Å²) in [6.45, 7) is 6.03. The van der Waals surface area contributed by atoms with Gasteiger partial charge in [0.1, 0.15) is 5.71 Å². The number of hydrogen-bond donors (Lipinski definition) is 0. The van der Waals surface area contributed by atoms with Crippen LogP contribution in [-0.4, -0.2) is 27.8 Å². The fourth-order valence-electron chi connectivity index (χ4n) is 4.92. The van der Waals surface area contributed by atoms with Gasteiger partial charge < -0.3 is 9.40 Å². The van der Waals surface area contributed by atoms with Crippen LogP contribution >= 0.6 is 0 Å². The van der Waals surface area contributed by atoms with Gasteiger partial charge in [-0.25, -0.2) is 4.79 Å². The van der Waals surface area contributed by atoms with Crippen molar-refractivity contribution in [3.05, 3.63) is 82.4 Å². The normalized spacial score (nSPS) is 14.6. The minimum atomic E-state index is -0.557. The molecule has 0 bridgehead atoms. The highest BCUT2D eigenvalue weighted by Gasteiger charge is 2.28. The van der Waals surface area contributed by atoms with E-state index in [1.54, 1.807) is 0 Å². The largest absolute Gasteiger partial charge is 0.341 e. The molecule has 6 heteroatoms. The number of aryl methyl sites for hydroxylation is 3. The monoisotopic (exact) mass is 452 g/mol. The number of Topliss-reactive ketones (excluding diaryl/α,β-unsaturated/α-hetero) is 1. The lowest BCUT2D eigenvalue weighted by molar-refractivity contribution is -0.140. The maximum absolute atomic E-state index is 13.3. The van der Waals surface area contributed by atoms with Gasteiger partial charge in [0.15, 0.2) is 5.78 Å². The minimum absolute atomic E-state index is 0.0194. The van der Waals surface area contributed by atoms with Gasteiger partial charge in [-0.05, 0) is 61.7 Å². The van der Waals surface area contributed by atoms with Crippen LogP contribution in [0.3, 0.4) is 0 Å². The quantitative estimate of drug-likeness (QED) is 0.236. The molecule has 170 valence electrons. The standard InChI is InChI=1S/C28H24N2O4/c1-4-30-24-13-9-18(27(32)19-8-6-5-7-16(19)2)15-22(24)26-20-10-12-23(29-34-17(3)31)28(33)21(20)11-14-25(26)30/h5-9,11,13-15H,4,10,12H2,1-3H3/b29-23+. The van der Waals surface area contributed by atoms with Crippen LogP contribution < -0.4 is 0 Å². The third kappa shape index (κ3) is 3.43. The van der Waals surface area contributed by atoms with E-state index in [-0.39, 0.29) is 17.3 Å². The van der Waals surface area contributed by atoms with Crippen molar-refractivity contribution in [2.24, 2.45) is 5.16 Å². The molecule has 3 aromatic carbocycles. The van der Waals surface area contributed by atoms with Gasteiger partial charge in [-0.3, -0.25) is 9.59 Å². The van der Waals surface area contributed by atoms with E-state index in [0.717, 1.165) is 39.5 Å². The molecule has 0 radical (unpaired) electrons. The number of fused-ring (bicyclic) bond motifs is 5. The molecule has 1 aliphatic carbocycles. The first kappa shape index (κ1) is 21.8. The summed E-state index contributed by atoms with van der Waals surface area (Å²) in [5, 5.41) is 5.73. The second-order valence-corrected chi connectivity index (χ2v) is 8.56. The fourth-order valence-corrected chi connectivity index (χ4v) is 4.92. The molecule has 1 heterocycles. The zero-order chi connectivity index (χ0) is 24.0. The summed E-state index contributed by atoms with van der Waals surface area (Å²) in [5.41, 5.74) is 6.06. The molecule has 0 unspecified atom stereocenters. The summed E-state index contributed by atoms with van der Waals surface area (Å²) in [5.74, 6) is -0.804. The van der Waals surface area contributed by atoms with E-state index >= 15 is 0 Å². The summed E-state index contributed by atoms with van der Waals surface area (Å²) >= 11 is 0. The topological polar surface area (TPSA) is 77.7 Å². The average molecular weight is 453 g/mol. The van der Waals surface area contributed by atoms with Gasteiger partial charge in [-0.2, -0.15) is 0 Å². The molecule has 0 amide bonds. The summed E-state index contributed by atoms with van der Waals surface area (Å²) < 4.78 is 2.21. The van der Waals surface area contributed by atoms with Crippen LogP contribution in [0.2, 0.25) is 0 Å². The van der Waals surface area contributed by atoms with Crippen LogP contribution in [0.15, 0.2) is 59.8 Å². The number of carbonyl (C=O) groups is 3. The minimum Gasteiger partial charge on any atom is -0.341 e. The van der Waals surface area contributed by atoms with Crippen molar-refractivity contribution in [2.45, 2.75) is 40.2 Å². The van der Waals surface area contributed by atoms with E-state index in [0.29, 0.717) is 29.5 Å². The van der Waals surface area contributed by atoms with E-state index in [9.17, 15) is 14.4 Å². The Bertz CT molecular complexity index is 1540. The zero-order valence-corrected chi connectivity index (χ0v) is 19.3. The highest BCUT2D eigenvalue weighted by molar-refractivity contribution is 6.47. The van der Waals surface area contributed by atoms with E-state index in [2.05, 4.69) is 16.6 Å². The van der Waals surface area contributed by atoms with Crippen molar-refractivity contribution in [3.8, 4) is 0 Å². The Balaban J connectivity index is 1.71. The van der Waals surface area contributed by atoms with Crippen LogP contribution in [0, 0.1) is 6.92 Å². The lowest BCUT2D eigenvalue weighted by Crippen LogP contribution is -2.23. The molecule has 6 nitrogen and oxygen atoms in total. The van der Waals surface area contributed by atoms with Gasteiger partial charge in [-0.15, -0.1) is 0 Å². The van der Waals surface area contributed by atoms with Gasteiger partial charge in [0.05, 0.1) is 0 Å². The van der Waals surface area contributed by atoms with Gasteiger partial charge in [0.2, 0.25) is 5.78 Å². The third-order valence-corrected chi connectivity index (χ3v) is 6.51. The molecule has 0 atom stereocenters. The predicted molar refractivity (Wildman–Crippen MR) is 132 cm³/mol. The van der Waals surface area contributed by atoms with Gasteiger partial charge in [0.25, 0.3) is 0 Å². The van der Waals surface area contributed by atoms with Crippen molar-refractivity contribution in [1.82, 2.24) is 4.57 Å². The Hall–Kier alpha value is -4.06. The summed E-state index contributed by atoms with van der Waals surface area (Å²) in [6, 6.07) is 17.2. The molecule has 5 rings (SSSR count). The summed E-state index contributed by atoms with van der Waals surface area (Å²) in [4.78, 5) is 42.3. The van der Waals surface area contributed by atoms with Crippen LogP contribution in [0.5, 0.6) is 0 Å². The maximum atomic E-state index is 13.3. The first-order valence-electron chi connectivity index (χ1n) is 11.4. The first-order valence-corrected chi connectivity index (χ1v) is 11.4. The number of benzene rings is 3. The van der Waals surface area contributed by atoms with E-state index in [1.807, 2.05) is 61.5 Å². The van der Waals surface area contributed by atoms with Crippen molar-refractivity contribution in [1.29, 1.82) is 0 Å². The highest BCUT2D eigenvalue weighted by atomic mass is 16.7. The second-order valence-electron chi connectivity index (χ2n) is 8.56. The lowest BCUT2D eigenvalue weighted by atomic mass is 9.86. The number of nitrogens with zero attached hydrogens (tertiary/aromatic N) is 2. The van der Waals surface area contributed by atoms with Crippen molar-refractivity contribution >= 4 is 45.1 Å². The number of oxime groups is 1. The fraction of sp³-hybridized carbons (Fsp3) is 0.214. The SMILES string of the molecule is CCn1c2ccc(C(=O)c3ccccc3C)cc2c2c3c(ccc21)C(=O)/C(=N/OC(C)=O)CC3. The Labute approximate surface area is 196 Å². The molecule has 1 aliphatic rings. The van der Waals surface area contributed by atoms with Gasteiger partial charge in [0, 0.05) is 58.4 Å². The molecular formula is C28H24N2O4. The molecule has 0 aliphatic heterocycles. The summed E-state index contributed by atoms with van der Waals surface area (Å²) in [6.07, 6.45) is 0.982. The van der Waals surface area contributed by atoms with E-state index < -0.39 is 5.97 Å². The van der Waals surface area contributed by atoms with Gasteiger partial charge >= 0.3 is 5.97 Å². The number of aromatic nitrogens is 1. The average Bonchev–Trinajstić information content (AvgIpc) is 3.16. The van der Waals surface area contributed by atoms with Crippen molar-refractivity contribution < 1.29 is 19.2 Å². The molecule has 4 aromatic rings. The van der Waals surface area contributed by atoms with E-state index in [4.69, 9.17) is 4.84 Å². The van der Waals surface area contributed by atoms with Crippen molar-refractivity contribution in [2.75, 3.05) is 0 Å². The molecule has 0 N–H and O–H groups in total.